The first-order valence-electron chi connectivity index (χ1n) is 11.2. The van der Waals surface area contributed by atoms with E-state index in [1.165, 1.54) is 16.3 Å². The fourth-order valence-electron chi connectivity index (χ4n) is 3.80. The van der Waals surface area contributed by atoms with E-state index in [1.807, 2.05) is 43.3 Å². The van der Waals surface area contributed by atoms with E-state index in [2.05, 4.69) is 15.9 Å². The van der Waals surface area contributed by atoms with Crippen molar-refractivity contribution in [2.75, 3.05) is 27.0 Å². The van der Waals surface area contributed by atoms with Crippen molar-refractivity contribution in [1.82, 2.24) is 14.5 Å². The molecule has 1 unspecified atom stereocenters. The van der Waals surface area contributed by atoms with Gasteiger partial charge in [0.05, 0.1) is 47.1 Å². The Kier molecular flexibility index (Phi) is 8.01. The van der Waals surface area contributed by atoms with Crippen LogP contribution in [0.2, 0.25) is 0 Å². The standard InChI is InChI=1S/C27H26BrN3O4S/c1-17(30(2)24(32)16-36-19-10-6-5-7-11-19)26-29-21-13-9-8-12-20(21)27(33)31(26)22-14-18(34-3)15-23(35-4)25(22)28/h5-15,17H,16H2,1-4H3. The number of rotatable bonds is 8. The lowest BCUT2D eigenvalue weighted by Crippen LogP contribution is -2.35. The van der Waals surface area contributed by atoms with Crippen molar-refractivity contribution in [3.8, 4) is 17.2 Å². The smallest absolute Gasteiger partial charge is 0.266 e. The fraction of sp³-hybridized carbons (Fsp3) is 0.222. The van der Waals surface area contributed by atoms with Crippen LogP contribution in [0.3, 0.4) is 0 Å². The Labute approximate surface area is 222 Å². The van der Waals surface area contributed by atoms with E-state index >= 15 is 0 Å². The van der Waals surface area contributed by atoms with Crippen molar-refractivity contribution >= 4 is 44.5 Å². The quantitative estimate of drug-likeness (QED) is 0.262. The Morgan fingerprint density at radius 1 is 1.08 bits per heavy atom. The highest BCUT2D eigenvalue weighted by Gasteiger charge is 2.26. The minimum absolute atomic E-state index is 0.0763. The van der Waals surface area contributed by atoms with Gasteiger partial charge in [0.15, 0.2) is 0 Å². The molecule has 0 spiro atoms. The van der Waals surface area contributed by atoms with Gasteiger partial charge in [-0.05, 0) is 47.1 Å². The molecule has 1 amide bonds. The van der Waals surface area contributed by atoms with E-state index in [9.17, 15) is 9.59 Å². The molecule has 9 heteroatoms. The molecule has 0 radical (unpaired) electrons. The van der Waals surface area contributed by atoms with Gasteiger partial charge in [0.25, 0.3) is 5.56 Å². The molecule has 0 aliphatic heterocycles. The minimum Gasteiger partial charge on any atom is -0.497 e. The third kappa shape index (κ3) is 5.12. The van der Waals surface area contributed by atoms with Crippen LogP contribution in [-0.4, -0.2) is 47.4 Å². The number of hydrogen-bond acceptors (Lipinski definition) is 6. The van der Waals surface area contributed by atoms with Gasteiger partial charge < -0.3 is 14.4 Å². The second kappa shape index (κ2) is 11.2. The van der Waals surface area contributed by atoms with E-state index in [0.29, 0.717) is 38.4 Å². The Morgan fingerprint density at radius 2 is 1.78 bits per heavy atom. The summed E-state index contributed by atoms with van der Waals surface area (Å²) < 4.78 is 13.1. The first kappa shape index (κ1) is 25.8. The molecule has 0 bridgehead atoms. The SMILES string of the molecule is COc1cc(OC)c(Br)c(-n2c(C(C)N(C)C(=O)CSc3ccccc3)nc3ccccc3c2=O)c1. The average Bonchev–Trinajstić information content (AvgIpc) is 2.91. The molecule has 1 aromatic heterocycles. The normalized spacial score (nSPS) is 11.8. The van der Waals surface area contributed by atoms with Crippen molar-refractivity contribution in [1.29, 1.82) is 0 Å². The number of hydrogen-bond donors (Lipinski definition) is 0. The van der Waals surface area contributed by atoms with Gasteiger partial charge in [-0.25, -0.2) is 4.98 Å². The molecule has 4 rings (SSSR count). The third-order valence-corrected chi connectivity index (χ3v) is 7.74. The molecule has 7 nitrogen and oxygen atoms in total. The van der Waals surface area contributed by atoms with E-state index in [0.717, 1.165) is 4.90 Å². The molecule has 0 fully saturated rings. The lowest BCUT2D eigenvalue weighted by atomic mass is 10.2. The number of halogens is 1. The minimum atomic E-state index is -0.504. The number of carbonyl (C=O) groups excluding carboxylic acids is 1. The highest BCUT2D eigenvalue weighted by molar-refractivity contribution is 9.10. The number of methoxy groups -OCH3 is 2. The Morgan fingerprint density at radius 3 is 2.47 bits per heavy atom. The average molecular weight is 568 g/mol. The molecule has 4 aromatic rings. The predicted octanol–water partition coefficient (Wildman–Crippen LogP) is 5.48. The summed E-state index contributed by atoms with van der Waals surface area (Å²) in [6, 6.07) is 19.9. The van der Waals surface area contributed by atoms with Crippen LogP contribution in [0.4, 0.5) is 0 Å². The van der Waals surface area contributed by atoms with Crippen molar-refractivity contribution in [2.24, 2.45) is 0 Å². The summed E-state index contributed by atoms with van der Waals surface area (Å²) >= 11 is 5.06. The zero-order valence-electron chi connectivity index (χ0n) is 20.4. The number of carbonyl (C=O) groups is 1. The molecule has 0 aliphatic carbocycles. The van der Waals surface area contributed by atoms with Crippen LogP contribution in [0.15, 0.2) is 80.9 Å². The number of benzene rings is 3. The molecule has 0 aliphatic rings. The molecule has 186 valence electrons. The van der Waals surface area contributed by atoms with Crippen LogP contribution in [0.25, 0.3) is 16.6 Å². The van der Waals surface area contributed by atoms with Gasteiger partial charge in [-0.15, -0.1) is 11.8 Å². The van der Waals surface area contributed by atoms with Gasteiger partial charge in [-0.1, -0.05) is 30.3 Å². The highest BCUT2D eigenvalue weighted by Crippen LogP contribution is 2.36. The first-order chi connectivity index (χ1) is 17.3. The summed E-state index contributed by atoms with van der Waals surface area (Å²) in [7, 11) is 4.82. The van der Waals surface area contributed by atoms with E-state index in [-0.39, 0.29) is 17.2 Å². The Balaban J connectivity index is 1.82. The molecule has 0 saturated heterocycles. The zero-order valence-corrected chi connectivity index (χ0v) is 22.8. The summed E-state index contributed by atoms with van der Waals surface area (Å²) in [6.45, 7) is 1.86. The number of fused-ring (bicyclic) bond motifs is 1. The van der Waals surface area contributed by atoms with Crippen LogP contribution in [-0.2, 0) is 4.79 Å². The van der Waals surface area contributed by atoms with Gasteiger partial charge in [0, 0.05) is 24.1 Å². The molecule has 1 heterocycles. The van der Waals surface area contributed by atoms with Crippen LogP contribution < -0.4 is 15.0 Å². The number of aromatic nitrogens is 2. The Bertz CT molecular complexity index is 1460. The maximum Gasteiger partial charge on any atom is 0.266 e. The van der Waals surface area contributed by atoms with Crippen LogP contribution in [0, 0.1) is 0 Å². The number of amides is 1. The summed E-state index contributed by atoms with van der Waals surface area (Å²) in [5.41, 5.74) is 0.819. The van der Waals surface area contributed by atoms with Crippen LogP contribution in [0.5, 0.6) is 11.5 Å². The lowest BCUT2D eigenvalue weighted by Gasteiger charge is -2.27. The first-order valence-corrected chi connectivity index (χ1v) is 13.0. The summed E-state index contributed by atoms with van der Waals surface area (Å²) in [5.74, 6) is 1.64. The molecular formula is C27H26BrN3O4S. The number of nitrogens with zero attached hydrogens (tertiary/aromatic N) is 3. The van der Waals surface area contributed by atoms with Gasteiger partial charge in [-0.3, -0.25) is 14.2 Å². The molecule has 3 aromatic carbocycles. The largest absolute Gasteiger partial charge is 0.497 e. The number of thioether (sulfide) groups is 1. The van der Waals surface area contributed by atoms with Gasteiger partial charge >= 0.3 is 0 Å². The monoisotopic (exact) mass is 567 g/mol. The van der Waals surface area contributed by atoms with Crippen molar-refractivity contribution < 1.29 is 14.3 Å². The topological polar surface area (TPSA) is 73.7 Å². The van der Waals surface area contributed by atoms with E-state index < -0.39 is 6.04 Å². The second-order valence-electron chi connectivity index (χ2n) is 8.07. The molecule has 0 N–H and O–H groups in total. The van der Waals surface area contributed by atoms with Crippen LogP contribution >= 0.6 is 27.7 Å². The second-order valence-corrected chi connectivity index (χ2v) is 9.91. The van der Waals surface area contributed by atoms with E-state index in [4.69, 9.17) is 14.5 Å². The third-order valence-electron chi connectivity index (χ3n) is 5.95. The zero-order chi connectivity index (χ0) is 25.8. The summed E-state index contributed by atoms with van der Waals surface area (Å²) in [5, 5.41) is 0.468. The van der Waals surface area contributed by atoms with E-state index in [1.54, 1.807) is 56.5 Å². The molecule has 36 heavy (non-hydrogen) atoms. The predicted molar refractivity (Wildman–Crippen MR) is 146 cm³/mol. The van der Waals surface area contributed by atoms with Gasteiger partial charge in [-0.2, -0.15) is 0 Å². The van der Waals surface area contributed by atoms with Crippen molar-refractivity contribution in [3.63, 3.8) is 0 Å². The molecule has 0 saturated carbocycles. The number of para-hydroxylation sites is 1. The molecular weight excluding hydrogens is 542 g/mol. The number of ether oxygens (including phenoxy) is 2. The lowest BCUT2D eigenvalue weighted by molar-refractivity contribution is -0.129. The summed E-state index contributed by atoms with van der Waals surface area (Å²) in [6.07, 6.45) is 0. The maximum atomic E-state index is 13.8. The summed E-state index contributed by atoms with van der Waals surface area (Å²) in [4.78, 5) is 34.4. The maximum absolute atomic E-state index is 13.8. The van der Waals surface area contributed by atoms with Gasteiger partial charge in [0.2, 0.25) is 5.91 Å². The highest BCUT2D eigenvalue weighted by atomic mass is 79.9. The van der Waals surface area contributed by atoms with Gasteiger partial charge in [0.1, 0.15) is 17.3 Å². The fourth-order valence-corrected chi connectivity index (χ4v) is 5.21. The van der Waals surface area contributed by atoms with Crippen LogP contribution in [0.1, 0.15) is 18.8 Å². The Hall–Kier alpha value is -3.30. The van der Waals surface area contributed by atoms with Crippen molar-refractivity contribution in [3.05, 3.63) is 87.4 Å². The molecule has 1 atom stereocenters. The van der Waals surface area contributed by atoms with Crippen molar-refractivity contribution in [2.45, 2.75) is 17.9 Å².